The molecule has 0 rings (SSSR count). The third-order valence-electron chi connectivity index (χ3n) is 2.45. The Morgan fingerprint density at radius 2 is 1.33 bits per heavy atom. The molecule has 0 aliphatic carbocycles. The fourth-order valence-electron chi connectivity index (χ4n) is 1.23. The van der Waals surface area contributed by atoms with Gasteiger partial charge in [0.1, 0.15) is 12.1 Å². The van der Waals surface area contributed by atoms with Crippen molar-refractivity contribution in [2.45, 2.75) is 37.8 Å². The summed E-state index contributed by atoms with van der Waals surface area (Å²) in [6.45, 7) is 3.30. The van der Waals surface area contributed by atoms with E-state index >= 15 is 0 Å². The van der Waals surface area contributed by atoms with Gasteiger partial charge in [0.25, 0.3) is 0 Å². The summed E-state index contributed by atoms with van der Waals surface area (Å²) in [6, 6.07) is -1.90. The van der Waals surface area contributed by atoms with Crippen LogP contribution in [0.2, 0.25) is 0 Å². The lowest BCUT2D eigenvalue weighted by Crippen LogP contribution is -2.43. The van der Waals surface area contributed by atoms with Gasteiger partial charge in [-0.1, -0.05) is 6.58 Å². The lowest BCUT2D eigenvalue weighted by atomic mass is 10.2. The van der Waals surface area contributed by atoms with Crippen LogP contribution < -0.4 is 22.1 Å². The molecule has 9 N–H and O–H groups in total. The third kappa shape index (κ3) is 14.2. The molecule has 0 saturated carbocycles. The number of hydrazine groups is 2. The van der Waals surface area contributed by atoms with Crippen molar-refractivity contribution < 1.29 is 39.6 Å². The van der Waals surface area contributed by atoms with Gasteiger partial charge in [-0.25, -0.2) is 10.9 Å². The molecule has 0 aromatic heterocycles. The van der Waals surface area contributed by atoms with Crippen molar-refractivity contribution in [1.29, 1.82) is 0 Å². The Bertz CT molecular complexity index is 443. The number of hydrogen-bond acceptors (Lipinski definition) is 8. The normalized spacial score (nSPS) is 12.0. The van der Waals surface area contributed by atoms with E-state index in [-0.39, 0.29) is 25.7 Å². The molecule has 0 amide bonds. The van der Waals surface area contributed by atoms with Gasteiger partial charge in [0.2, 0.25) is 0 Å². The Morgan fingerprint density at radius 3 is 1.62 bits per heavy atom. The van der Waals surface area contributed by atoms with Crippen molar-refractivity contribution in [3.8, 4) is 0 Å². The average Bonchev–Trinajstić information content (AvgIpc) is 2.47. The number of carboxylic acid groups (broad SMARTS) is 4. The molecule has 138 valence electrons. The van der Waals surface area contributed by atoms with Crippen LogP contribution in [0.3, 0.4) is 0 Å². The van der Waals surface area contributed by atoms with Gasteiger partial charge in [0, 0.05) is 19.0 Å². The van der Waals surface area contributed by atoms with Crippen LogP contribution in [0.15, 0.2) is 12.8 Å². The number of carboxylic acids is 4. The first-order valence-electron chi connectivity index (χ1n) is 6.62. The first-order chi connectivity index (χ1) is 11.1. The summed E-state index contributed by atoms with van der Waals surface area (Å²) in [7, 11) is 0. The predicted octanol–water partition coefficient (Wildman–Crippen LogP) is -1.69. The van der Waals surface area contributed by atoms with Crippen molar-refractivity contribution in [2.24, 2.45) is 5.84 Å². The predicted molar refractivity (Wildman–Crippen MR) is 80.4 cm³/mol. The Labute approximate surface area is 137 Å². The minimum atomic E-state index is -1.14. The van der Waals surface area contributed by atoms with Crippen LogP contribution >= 0.6 is 0 Å². The number of aliphatic carboxylic acids is 4. The molecule has 0 radical (unpaired) electrons. The molecule has 0 aromatic rings. The Morgan fingerprint density at radius 1 is 0.917 bits per heavy atom. The zero-order valence-corrected chi connectivity index (χ0v) is 12.8. The summed E-state index contributed by atoms with van der Waals surface area (Å²) in [5.74, 6) is 0.533. The zero-order valence-electron chi connectivity index (χ0n) is 12.8. The molecule has 12 nitrogen and oxygen atoms in total. The van der Waals surface area contributed by atoms with Gasteiger partial charge in [0.15, 0.2) is 0 Å². The molecule has 0 unspecified atom stereocenters. The molecule has 0 saturated heterocycles. The van der Waals surface area contributed by atoms with E-state index < -0.39 is 36.0 Å². The zero-order chi connectivity index (χ0) is 19.1. The SMILES string of the molecule is C=CNN[C@@H](CCC(=O)O)C(=O)O.NN[C@@H](CCC(=O)O)C(=O)O. The lowest BCUT2D eigenvalue weighted by molar-refractivity contribution is -0.142. The lowest BCUT2D eigenvalue weighted by Gasteiger charge is -2.12. The van der Waals surface area contributed by atoms with Crippen LogP contribution in [0.25, 0.3) is 0 Å². The van der Waals surface area contributed by atoms with Crippen LogP contribution in [-0.4, -0.2) is 56.4 Å². The average molecular weight is 350 g/mol. The Balaban J connectivity index is 0. The highest BCUT2D eigenvalue weighted by Gasteiger charge is 2.17. The maximum Gasteiger partial charge on any atom is 0.322 e. The van der Waals surface area contributed by atoms with Gasteiger partial charge in [-0.2, -0.15) is 0 Å². The summed E-state index contributed by atoms with van der Waals surface area (Å²) in [6.07, 6.45) is 0.882. The Hall–Kier alpha value is -2.70. The number of nitrogens with one attached hydrogen (secondary N) is 3. The second kappa shape index (κ2) is 13.9. The first-order valence-corrected chi connectivity index (χ1v) is 6.62. The summed E-state index contributed by atoms with van der Waals surface area (Å²) in [4.78, 5) is 40.8. The van der Waals surface area contributed by atoms with E-state index in [1.54, 1.807) is 0 Å². The van der Waals surface area contributed by atoms with Crippen LogP contribution in [0.4, 0.5) is 0 Å². The maximum atomic E-state index is 10.5. The third-order valence-corrected chi connectivity index (χ3v) is 2.45. The van der Waals surface area contributed by atoms with E-state index in [0.717, 1.165) is 0 Å². The quantitative estimate of drug-likeness (QED) is 0.146. The summed E-state index contributed by atoms with van der Waals surface area (Å²) in [5.41, 5.74) is 6.78. The van der Waals surface area contributed by atoms with Crippen LogP contribution in [0, 0.1) is 0 Å². The van der Waals surface area contributed by atoms with E-state index in [1.165, 1.54) is 6.20 Å². The minimum Gasteiger partial charge on any atom is -0.481 e. The van der Waals surface area contributed by atoms with Crippen LogP contribution in [0.5, 0.6) is 0 Å². The molecule has 2 atom stereocenters. The molecule has 0 heterocycles. The standard InChI is InChI=1S/C7H12N2O4.C5H10N2O4/c1-2-8-9-5(7(12)13)3-4-6(10)11;6-7-3(5(10)11)1-2-4(8)9/h2,5,8-9H,1,3-4H2,(H,10,11)(H,12,13);3,7H,1-2,6H2,(H,8,9)(H,10,11)/t5-;3-/m00/s1. The van der Waals surface area contributed by atoms with E-state index in [4.69, 9.17) is 26.3 Å². The smallest absolute Gasteiger partial charge is 0.322 e. The first kappa shape index (κ1) is 23.6. The van der Waals surface area contributed by atoms with Crippen LogP contribution in [0.1, 0.15) is 25.7 Å². The van der Waals surface area contributed by atoms with Gasteiger partial charge >= 0.3 is 23.9 Å². The van der Waals surface area contributed by atoms with Crippen LogP contribution in [-0.2, 0) is 19.2 Å². The second-order valence-corrected chi connectivity index (χ2v) is 4.31. The molecule has 0 aliphatic heterocycles. The summed E-state index contributed by atoms with van der Waals surface area (Å²) >= 11 is 0. The maximum absolute atomic E-state index is 10.5. The number of rotatable bonds is 12. The molecule has 0 spiro atoms. The second-order valence-electron chi connectivity index (χ2n) is 4.31. The van der Waals surface area contributed by atoms with Gasteiger partial charge in [-0.05, 0) is 12.8 Å². The molecule has 0 fully saturated rings. The van der Waals surface area contributed by atoms with Gasteiger partial charge in [-0.15, -0.1) is 0 Å². The molecule has 12 heteroatoms. The monoisotopic (exact) mass is 350 g/mol. The van der Waals surface area contributed by atoms with Crippen molar-refractivity contribution in [3.05, 3.63) is 12.8 Å². The highest BCUT2D eigenvalue weighted by Crippen LogP contribution is 1.96. The van der Waals surface area contributed by atoms with Gasteiger partial charge < -0.3 is 25.9 Å². The van der Waals surface area contributed by atoms with Crippen molar-refractivity contribution in [1.82, 2.24) is 16.3 Å². The van der Waals surface area contributed by atoms with E-state index in [1.807, 2.05) is 5.43 Å². The van der Waals surface area contributed by atoms with Gasteiger partial charge in [0.05, 0.1) is 0 Å². The van der Waals surface area contributed by atoms with E-state index in [9.17, 15) is 19.2 Å². The topological polar surface area (TPSA) is 211 Å². The Kier molecular flexibility index (Phi) is 13.7. The molecule has 0 bridgehead atoms. The van der Waals surface area contributed by atoms with E-state index in [0.29, 0.717) is 0 Å². The highest BCUT2D eigenvalue weighted by atomic mass is 16.4. The summed E-state index contributed by atoms with van der Waals surface area (Å²) in [5, 5.41) is 33.4. The highest BCUT2D eigenvalue weighted by molar-refractivity contribution is 5.75. The fourth-order valence-corrected chi connectivity index (χ4v) is 1.23. The number of hydrogen-bond donors (Lipinski definition) is 8. The molecular weight excluding hydrogens is 328 g/mol. The van der Waals surface area contributed by atoms with Gasteiger partial charge in [-0.3, -0.25) is 25.0 Å². The molecular formula is C12H22N4O8. The molecule has 24 heavy (non-hydrogen) atoms. The molecule has 0 aliphatic rings. The number of nitrogens with two attached hydrogens (primary N) is 1. The largest absolute Gasteiger partial charge is 0.481 e. The van der Waals surface area contributed by atoms with Crippen molar-refractivity contribution in [2.75, 3.05) is 0 Å². The van der Waals surface area contributed by atoms with Crippen molar-refractivity contribution in [3.63, 3.8) is 0 Å². The van der Waals surface area contributed by atoms with E-state index in [2.05, 4.69) is 17.4 Å². The fraction of sp³-hybridized carbons (Fsp3) is 0.500. The molecule has 0 aromatic carbocycles. The number of carbonyl (C=O) groups is 4. The van der Waals surface area contributed by atoms with Crippen molar-refractivity contribution >= 4 is 23.9 Å². The summed E-state index contributed by atoms with van der Waals surface area (Å²) < 4.78 is 0. The minimum absolute atomic E-state index is 0.0127.